The van der Waals surface area contributed by atoms with Gasteiger partial charge in [-0.25, -0.2) is 4.79 Å². The van der Waals surface area contributed by atoms with Crippen LogP contribution < -0.4 is 5.32 Å². The third-order valence-corrected chi connectivity index (χ3v) is 6.91. The van der Waals surface area contributed by atoms with Crippen LogP contribution in [0.4, 0.5) is 5.69 Å². The van der Waals surface area contributed by atoms with Crippen molar-refractivity contribution in [1.82, 2.24) is 0 Å². The summed E-state index contributed by atoms with van der Waals surface area (Å²) in [5.74, 6) is -1.48. The van der Waals surface area contributed by atoms with Gasteiger partial charge in [0.05, 0.1) is 16.8 Å². The summed E-state index contributed by atoms with van der Waals surface area (Å²) in [6.45, 7) is 1.91. The molecule has 4 aromatic rings. The molecule has 4 aromatic carbocycles. The second-order valence-electron chi connectivity index (χ2n) is 7.58. The smallest absolute Gasteiger partial charge is 0.335 e. The van der Waals surface area contributed by atoms with E-state index < -0.39 is 17.1 Å². The Kier molecular flexibility index (Phi) is 6.56. The zero-order valence-electron chi connectivity index (χ0n) is 17.9. The fraction of sp³-hybridized carbons (Fsp3) is 0.0769. The van der Waals surface area contributed by atoms with Crippen molar-refractivity contribution in [3.63, 3.8) is 0 Å². The van der Waals surface area contributed by atoms with E-state index in [1.807, 2.05) is 55.5 Å². The molecule has 5 nitrogen and oxygen atoms in total. The van der Waals surface area contributed by atoms with Crippen LogP contribution in [0.25, 0.3) is 21.9 Å². The normalized spacial score (nSPS) is 11.9. The fourth-order valence-corrected chi connectivity index (χ4v) is 4.95. The first-order valence-electron chi connectivity index (χ1n) is 10.1. The van der Waals surface area contributed by atoms with Gasteiger partial charge in [0.2, 0.25) is 0 Å². The standard InChI is InChI=1S/C26H20BrNO4S/c1-15-20(16-6-4-3-5-7-16)12-17-8-10-19(27)14-21(17)24(15)25(29)28-22-11-9-18(26(30)31)13-23(22)33(2)32/h3-14H,1-2H3,(H,28,29)(H,30,31). The molecule has 0 heterocycles. The lowest BCUT2D eigenvalue weighted by molar-refractivity contribution is 0.0696. The number of rotatable bonds is 5. The van der Waals surface area contributed by atoms with Crippen molar-refractivity contribution in [1.29, 1.82) is 0 Å². The highest BCUT2D eigenvalue weighted by Crippen LogP contribution is 2.35. The highest BCUT2D eigenvalue weighted by molar-refractivity contribution is 9.10. The maximum absolute atomic E-state index is 13.6. The Labute approximate surface area is 202 Å². The minimum absolute atomic E-state index is 0.00911. The van der Waals surface area contributed by atoms with E-state index >= 15 is 0 Å². The molecule has 2 N–H and O–H groups in total. The van der Waals surface area contributed by atoms with E-state index in [1.54, 1.807) is 0 Å². The molecular formula is C26H20BrNO4S. The highest BCUT2D eigenvalue weighted by Gasteiger charge is 2.22. The van der Waals surface area contributed by atoms with Crippen LogP contribution in [0.3, 0.4) is 0 Å². The summed E-state index contributed by atoms with van der Waals surface area (Å²) < 4.78 is 13.1. The molecule has 0 aliphatic rings. The van der Waals surface area contributed by atoms with E-state index in [9.17, 15) is 19.2 Å². The SMILES string of the molecule is Cc1c(-c2ccccc2)cc2ccc(Br)cc2c1C(=O)Nc1ccc(C(=O)O)cc1[S+](C)[O-]. The summed E-state index contributed by atoms with van der Waals surface area (Å²) in [4.78, 5) is 25.2. The molecule has 0 aliphatic carbocycles. The van der Waals surface area contributed by atoms with E-state index in [-0.39, 0.29) is 16.4 Å². The number of carbonyl (C=O) groups is 2. The van der Waals surface area contributed by atoms with Crippen molar-refractivity contribution in [2.75, 3.05) is 11.6 Å². The van der Waals surface area contributed by atoms with E-state index in [1.165, 1.54) is 24.5 Å². The van der Waals surface area contributed by atoms with Gasteiger partial charge in [-0.15, -0.1) is 0 Å². The van der Waals surface area contributed by atoms with Crippen LogP contribution >= 0.6 is 15.9 Å². The number of fused-ring (bicyclic) bond motifs is 1. The number of amides is 1. The first-order chi connectivity index (χ1) is 15.8. The molecule has 0 radical (unpaired) electrons. The number of halogens is 1. The molecule has 33 heavy (non-hydrogen) atoms. The molecule has 0 aromatic heterocycles. The van der Waals surface area contributed by atoms with Crippen LogP contribution in [0.5, 0.6) is 0 Å². The number of carboxylic acids is 1. The van der Waals surface area contributed by atoms with Gasteiger partial charge in [-0.05, 0) is 75.9 Å². The van der Waals surface area contributed by atoms with Gasteiger partial charge in [0, 0.05) is 10.5 Å². The second-order valence-corrected chi connectivity index (χ2v) is 9.84. The molecule has 0 saturated heterocycles. The van der Waals surface area contributed by atoms with Gasteiger partial charge in [-0.2, -0.15) is 0 Å². The third-order valence-electron chi connectivity index (χ3n) is 5.46. The summed E-state index contributed by atoms with van der Waals surface area (Å²) in [5.41, 5.74) is 3.58. The van der Waals surface area contributed by atoms with Crippen LogP contribution in [0, 0.1) is 6.92 Å². The first-order valence-corrected chi connectivity index (χ1v) is 12.4. The Morgan fingerprint density at radius 1 is 1.00 bits per heavy atom. The largest absolute Gasteiger partial charge is 0.612 e. The molecule has 0 saturated carbocycles. The molecule has 0 aliphatic heterocycles. The van der Waals surface area contributed by atoms with Crippen LogP contribution in [0.15, 0.2) is 82.2 Å². The number of carboxylic acid groups (broad SMARTS) is 1. The molecule has 1 amide bonds. The van der Waals surface area contributed by atoms with Crippen molar-refractivity contribution < 1.29 is 19.2 Å². The lowest BCUT2D eigenvalue weighted by Gasteiger charge is -2.17. The highest BCUT2D eigenvalue weighted by atomic mass is 79.9. The summed E-state index contributed by atoms with van der Waals surface area (Å²) in [6, 6.07) is 21.9. The molecule has 0 fully saturated rings. The zero-order chi connectivity index (χ0) is 23.7. The average Bonchev–Trinajstić information content (AvgIpc) is 2.79. The van der Waals surface area contributed by atoms with Crippen LogP contribution in [0.2, 0.25) is 0 Å². The van der Waals surface area contributed by atoms with Gasteiger partial charge in [0.25, 0.3) is 5.91 Å². The van der Waals surface area contributed by atoms with Gasteiger partial charge in [0.1, 0.15) is 6.26 Å². The van der Waals surface area contributed by atoms with Crippen molar-refractivity contribution >= 4 is 55.4 Å². The third kappa shape index (κ3) is 4.66. The molecule has 0 spiro atoms. The Morgan fingerprint density at radius 3 is 2.39 bits per heavy atom. The Bertz CT molecular complexity index is 1390. The number of hydrogen-bond acceptors (Lipinski definition) is 3. The van der Waals surface area contributed by atoms with Crippen molar-refractivity contribution in [2.24, 2.45) is 0 Å². The van der Waals surface area contributed by atoms with Gasteiger partial charge in [-0.3, -0.25) is 4.79 Å². The van der Waals surface area contributed by atoms with Gasteiger partial charge >= 0.3 is 5.97 Å². The van der Waals surface area contributed by atoms with Crippen molar-refractivity contribution in [3.8, 4) is 11.1 Å². The Morgan fingerprint density at radius 2 is 1.73 bits per heavy atom. The predicted octanol–water partition coefficient (Wildman–Crippen LogP) is 6.27. The quantitative estimate of drug-likeness (QED) is 0.303. The lowest BCUT2D eigenvalue weighted by atomic mass is 9.91. The number of nitrogens with one attached hydrogen (secondary N) is 1. The Balaban J connectivity index is 1.87. The zero-order valence-corrected chi connectivity index (χ0v) is 20.3. The number of hydrogen-bond donors (Lipinski definition) is 2. The molecule has 4 rings (SSSR count). The molecule has 166 valence electrons. The number of carbonyl (C=O) groups excluding carboxylic acids is 1. The van der Waals surface area contributed by atoms with Crippen LogP contribution in [-0.4, -0.2) is 27.8 Å². The van der Waals surface area contributed by atoms with Crippen LogP contribution in [0.1, 0.15) is 26.3 Å². The first kappa shape index (κ1) is 23.0. The second kappa shape index (κ2) is 9.39. The molecule has 1 unspecified atom stereocenters. The Hall–Kier alpha value is -3.13. The minimum atomic E-state index is -1.50. The van der Waals surface area contributed by atoms with Gasteiger partial charge in [0.15, 0.2) is 4.90 Å². The lowest BCUT2D eigenvalue weighted by Crippen LogP contribution is -2.17. The molecule has 1 atom stereocenters. The summed E-state index contributed by atoms with van der Waals surface area (Å²) in [5, 5.41) is 13.8. The number of anilines is 1. The summed E-state index contributed by atoms with van der Waals surface area (Å²) in [7, 11) is 0. The maximum atomic E-state index is 13.6. The van der Waals surface area contributed by atoms with Crippen molar-refractivity contribution in [3.05, 3.63) is 94.0 Å². The maximum Gasteiger partial charge on any atom is 0.335 e. The minimum Gasteiger partial charge on any atom is -0.612 e. The number of aromatic carboxylic acids is 1. The van der Waals surface area contributed by atoms with E-state index in [0.717, 1.165) is 31.9 Å². The van der Waals surface area contributed by atoms with E-state index in [2.05, 4.69) is 27.3 Å². The van der Waals surface area contributed by atoms with Crippen LogP contribution in [-0.2, 0) is 11.2 Å². The summed E-state index contributed by atoms with van der Waals surface area (Å²) in [6.07, 6.45) is 1.45. The van der Waals surface area contributed by atoms with Gasteiger partial charge in [-0.1, -0.05) is 52.3 Å². The van der Waals surface area contributed by atoms with Crippen molar-refractivity contribution in [2.45, 2.75) is 11.8 Å². The average molecular weight is 522 g/mol. The van der Waals surface area contributed by atoms with E-state index in [4.69, 9.17) is 0 Å². The van der Waals surface area contributed by atoms with Gasteiger partial charge < -0.3 is 15.0 Å². The fourth-order valence-electron chi connectivity index (χ4n) is 3.86. The number of benzene rings is 4. The topological polar surface area (TPSA) is 89.5 Å². The van der Waals surface area contributed by atoms with E-state index in [0.29, 0.717) is 11.3 Å². The molecular weight excluding hydrogens is 502 g/mol. The predicted molar refractivity (Wildman–Crippen MR) is 136 cm³/mol. The monoisotopic (exact) mass is 521 g/mol. The summed E-state index contributed by atoms with van der Waals surface area (Å²) >= 11 is 2.00. The molecule has 7 heteroatoms. The molecule has 0 bridgehead atoms.